The van der Waals surface area contributed by atoms with Crippen molar-refractivity contribution in [2.75, 3.05) is 17.2 Å². The highest BCUT2D eigenvalue weighted by atomic mass is 19.1. The second-order valence-corrected chi connectivity index (χ2v) is 4.68. The van der Waals surface area contributed by atoms with Crippen molar-refractivity contribution >= 4 is 11.5 Å². The lowest BCUT2D eigenvalue weighted by Gasteiger charge is -2.21. The Labute approximate surface area is 111 Å². The molecule has 0 aliphatic carbocycles. The summed E-state index contributed by atoms with van der Waals surface area (Å²) in [7, 11) is 0. The van der Waals surface area contributed by atoms with Crippen molar-refractivity contribution in [3.05, 3.63) is 53.5 Å². The van der Waals surface area contributed by atoms with Crippen molar-refractivity contribution in [1.29, 1.82) is 0 Å². The number of fused-ring (bicyclic) bond motifs is 1. The van der Waals surface area contributed by atoms with E-state index in [4.69, 9.17) is 0 Å². The SMILES string of the molecule is Fc1cccc(NCc2cccc3c2NCCC3)n1. The van der Waals surface area contributed by atoms with Crippen LogP contribution in [0.1, 0.15) is 17.5 Å². The summed E-state index contributed by atoms with van der Waals surface area (Å²) in [5, 5.41) is 6.61. The van der Waals surface area contributed by atoms with Crippen LogP contribution in [0.25, 0.3) is 0 Å². The summed E-state index contributed by atoms with van der Waals surface area (Å²) in [6.45, 7) is 1.66. The largest absolute Gasteiger partial charge is 0.385 e. The molecule has 1 aromatic carbocycles. The topological polar surface area (TPSA) is 37.0 Å². The molecule has 1 aromatic heterocycles. The Hall–Kier alpha value is -2.10. The third-order valence-electron chi connectivity index (χ3n) is 3.34. The molecule has 19 heavy (non-hydrogen) atoms. The van der Waals surface area contributed by atoms with Crippen LogP contribution in [-0.4, -0.2) is 11.5 Å². The first-order valence-corrected chi connectivity index (χ1v) is 6.54. The number of halogens is 1. The number of hydrogen-bond donors (Lipinski definition) is 2. The van der Waals surface area contributed by atoms with Gasteiger partial charge in [0.1, 0.15) is 5.82 Å². The molecule has 0 spiro atoms. The van der Waals surface area contributed by atoms with Gasteiger partial charge in [-0.05, 0) is 36.1 Å². The van der Waals surface area contributed by atoms with Gasteiger partial charge in [0.25, 0.3) is 0 Å². The number of pyridine rings is 1. The number of benzene rings is 1. The Kier molecular flexibility index (Phi) is 3.31. The molecule has 0 amide bonds. The number of nitrogens with zero attached hydrogens (tertiary/aromatic N) is 1. The maximum absolute atomic E-state index is 13.0. The fourth-order valence-corrected chi connectivity index (χ4v) is 2.42. The number of nitrogens with one attached hydrogen (secondary N) is 2. The van der Waals surface area contributed by atoms with Gasteiger partial charge < -0.3 is 10.6 Å². The number of aromatic nitrogens is 1. The van der Waals surface area contributed by atoms with Crippen LogP contribution in [-0.2, 0) is 13.0 Å². The van der Waals surface area contributed by atoms with Gasteiger partial charge in [0.05, 0.1) is 0 Å². The smallest absolute Gasteiger partial charge is 0.214 e. The normalized spacial score (nSPS) is 13.5. The Balaban J connectivity index is 1.77. The fraction of sp³-hybridized carbons (Fsp3) is 0.267. The molecule has 2 N–H and O–H groups in total. The molecule has 0 radical (unpaired) electrons. The van der Waals surface area contributed by atoms with Crippen molar-refractivity contribution in [1.82, 2.24) is 4.98 Å². The molecule has 1 aliphatic heterocycles. The summed E-state index contributed by atoms with van der Waals surface area (Å²) < 4.78 is 13.0. The lowest BCUT2D eigenvalue weighted by molar-refractivity contribution is 0.585. The maximum atomic E-state index is 13.0. The number of aryl methyl sites for hydroxylation is 1. The summed E-state index contributed by atoms with van der Waals surface area (Å²) in [6.07, 6.45) is 2.30. The van der Waals surface area contributed by atoms with E-state index in [0.717, 1.165) is 13.0 Å². The lowest BCUT2D eigenvalue weighted by Crippen LogP contribution is -2.15. The summed E-state index contributed by atoms with van der Waals surface area (Å²) in [4.78, 5) is 3.80. The van der Waals surface area contributed by atoms with Gasteiger partial charge in [0.2, 0.25) is 5.95 Å². The molecule has 3 rings (SSSR count). The Bertz CT molecular complexity index is 583. The van der Waals surface area contributed by atoms with Crippen molar-refractivity contribution in [2.24, 2.45) is 0 Å². The molecule has 3 nitrogen and oxygen atoms in total. The van der Waals surface area contributed by atoms with E-state index in [1.807, 2.05) is 0 Å². The van der Waals surface area contributed by atoms with E-state index in [1.165, 1.54) is 29.3 Å². The Morgan fingerprint density at radius 3 is 3.00 bits per heavy atom. The van der Waals surface area contributed by atoms with Crippen LogP contribution < -0.4 is 10.6 Å². The predicted molar refractivity (Wildman–Crippen MR) is 74.8 cm³/mol. The first kappa shape index (κ1) is 12.0. The monoisotopic (exact) mass is 257 g/mol. The third-order valence-corrected chi connectivity index (χ3v) is 3.34. The molecule has 0 saturated carbocycles. The first-order chi connectivity index (χ1) is 9.33. The maximum Gasteiger partial charge on any atom is 0.214 e. The molecular weight excluding hydrogens is 241 g/mol. The van der Waals surface area contributed by atoms with E-state index >= 15 is 0 Å². The van der Waals surface area contributed by atoms with Crippen LogP contribution in [0.2, 0.25) is 0 Å². The third kappa shape index (κ3) is 2.67. The standard InChI is InChI=1S/C15H16FN3/c16-13-7-2-8-14(19-13)18-10-12-5-1-4-11-6-3-9-17-15(11)12/h1-2,4-5,7-8,17H,3,6,9-10H2,(H,18,19). The van der Waals surface area contributed by atoms with Crippen LogP contribution in [0.5, 0.6) is 0 Å². The zero-order chi connectivity index (χ0) is 13.1. The van der Waals surface area contributed by atoms with Crippen molar-refractivity contribution in [3.63, 3.8) is 0 Å². The summed E-state index contributed by atoms with van der Waals surface area (Å²) in [6, 6.07) is 11.1. The van der Waals surface area contributed by atoms with Gasteiger partial charge in [-0.1, -0.05) is 24.3 Å². The highest BCUT2D eigenvalue weighted by Crippen LogP contribution is 2.26. The number of hydrogen-bond acceptors (Lipinski definition) is 3. The molecule has 2 aromatic rings. The second-order valence-electron chi connectivity index (χ2n) is 4.68. The average Bonchev–Trinajstić information content (AvgIpc) is 2.45. The number of rotatable bonds is 3. The molecule has 98 valence electrons. The molecular formula is C15H16FN3. The van der Waals surface area contributed by atoms with E-state index in [1.54, 1.807) is 12.1 Å². The predicted octanol–water partition coefficient (Wildman–Crippen LogP) is 3.19. The van der Waals surface area contributed by atoms with E-state index in [-0.39, 0.29) is 0 Å². The van der Waals surface area contributed by atoms with Crippen LogP contribution >= 0.6 is 0 Å². The highest BCUT2D eigenvalue weighted by molar-refractivity contribution is 5.60. The van der Waals surface area contributed by atoms with Gasteiger partial charge in [0.15, 0.2) is 0 Å². The minimum atomic E-state index is -0.460. The molecule has 0 unspecified atom stereocenters. The molecule has 4 heteroatoms. The van der Waals surface area contributed by atoms with Crippen molar-refractivity contribution in [2.45, 2.75) is 19.4 Å². The van der Waals surface area contributed by atoms with Gasteiger partial charge >= 0.3 is 0 Å². The zero-order valence-corrected chi connectivity index (χ0v) is 10.6. The number of para-hydroxylation sites is 1. The molecule has 2 heterocycles. The van der Waals surface area contributed by atoms with E-state index in [2.05, 4.69) is 33.8 Å². The first-order valence-electron chi connectivity index (χ1n) is 6.54. The molecule has 0 atom stereocenters. The summed E-state index contributed by atoms with van der Waals surface area (Å²) in [5.74, 6) is 0.103. The quantitative estimate of drug-likeness (QED) is 0.829. The summed E-state index contributed by atoms with van der Waals surface area (Å²) >= 11 is 0. The fourth-order valence-electron chi connectivity index (χ4n) is 2.42. The number of anilines is 2. The van der Waals surface area contributed by atoms with Gasteiger partial charge in [-0.3, -0.25) is 0 Å². The van der Waals surface area contributed by atoms with Gasteiger partial charge in [-0.15, -0.1) is 0 Å². The van der Waals surface area contributed by atoms with E-state index in [9.17, 15) is 4.39 Å². The average molecular weight is 257 g/mol. The second kappa shape index (κ2) is 5.26. The van der Waals surface area contributed by atoms with Crippen LogP contribution in [0.15, 0.2) is 36.4 Å². The minimum Gasteiger partial charge on any atom is -0.385 e. The minimum absolute atomic E-state index is 0.460. The van der Waals surface area contributed by atoms with Crippen LogP contribution in [0.3, 0.4) is 0 Å². The van der Waals surface area contributed by atoms with Gasteiger partial charge in [-0.2, -0.15) is 4.39 Å². The van der Waals surface area contributed by atoms with E-state index in [0.29, 0.717) is 12.4 Å². The van der Waals surface area contributed by atoms with Gasteiger partial charge in [0, 0.05) is 18.8 Å². The van der Waals surface area contributed by atoms with Crippen LogP contribution in [0.4, 0.5) is 15.9 Å². The zero-order valence-electron chi connectivity index (χ0n) is 10.6. The molecule has 0 bridgehead atoms. The van der Waals surface area contributed by atoms with Crippen LogP contribution in [0, 0.1) is 5.95 Å². The Morgan fingerprint density at radius 2 is 2.11 bits per heavy atom. The van der Waals surface area contributed by atoms with Gasteiger partial charge in [-0.25, -0.2) is 4.98 Å². The molecule has 0 fully saturated rings. The molecule has 1 aliphatic rings. The van der Waals surface area contributed by atoms with E-state index < -0.39 is 5.95 Å². The summed E-state index contributed by atoms with van der Waals surface area (Å²) in [5.41, 5.74) is 3.78. The Morgan fingerprint density at radius 1 is 1.21 bits per heavy atom. The lowest BCUT2D eigenvalue weighted by atomic mass is 9.99. The van der Waals surface area contributed by atoms with Crippen molar-refractivity contribution in [3.8, 4) is 0 Å². The highest BCUT2D eigenvalue weighted by Gasteiger charge is 2.11. The molecule has 0 saturated heterocycles. The van der Waals surface area contributed by atoms with Crippen molar-refractivity contribution < 1.29 is 4.39 Å².